The van der Waals surface area contributed by atoms with Gasteiger partial charge in [0.2, 0.25) is 10.0 Å². The number of hydrogen-bond acceptors (Lipinski definition) is 5. The highest BCUT2D eigenvalue weighted by atomic mass is 79.9. The van der Waals surface area contributed by atoms with Gasteiger partial charge in [0, 0.05) is 31.5 Å². The van der Waals surface area contributed by atoms with Crippen LogP contribution in [0.2, 0.25) is 0 Å². The SMILES string of the molecule is O=S(=O)(NCCCCn1ccnc1)c1cc(CO)oc1Br. The van der Waals surface area contributed by atoms with E-state index in [0.29, 0.717) is 13.0 Å². The quantitative estimate of drug-likeness (QED) is 0.679. The van der Waals surface area contributed by atoms with Crippen LogP contribution in [0.15, 0.2) is 38.8 Å². The lowest BCUT2D eigenvalue weighted by molar-refractivity contribution is 0.245. The van der Waals surface area contributed by atoms with Gasteiger partial charge in [0.15, 0.2) is 4.67 Å². The average molecular weight is 378 g/mol. The van der Waals surface area contributed by atoms with Gasteiger partial charge >= 0.3 is 0 Å². The highest BCUT2D eigenvalue weighted by Crippen LogP contribution is 2.25. The predicted molar refractivity (Wildman–Crippen MR) is 79.0 cm³/mol. The number of furan rings is 1. The van der Waals surface area contributed by atoms with E-state index in [1.54, 1.807) is 12.5 Å². The van der Waals surface area contributed by atoms with Gasteiger partial charge in [-0.1, -0.05) is 0 Å². The van der Waals surface area contributed by atoms with Crippen molar-refractivity contribution in [3.63, 3.8) is 0 Å². The Morgan fingerprint density at radius 2 is 2.24 bits per heavy atom. The third-order valence-corrected chi connectivity index (χ3v) is 5.16. The van der Waals surface area contributed by atoms with Gasteiger partial charge in [-0.05, 0) is 28.8 Å². The maximum atomic E-state index is 12.1. The van der Waals surface area contributed by atoms with Crippen molar-refractivity contribution in [2.24, 2.45) is 0 Å². The summed E-state index contributed by atoms with van der Waals surface area (Å²) in [5.41, 5.74) is 0. The van der Waals surface area contributed by atoms with Gasteiger partial charge in [-0.2, -0.15) is 0 Å². The monoisotopic (exact) mass is 377 g/mol. The van der Waals surface area contributed by atoms with Gasteiger partial charge in [-0.15, -0.1) is 0 Å². The van der Waals surface area contributed by atoms with Crippen LogP contribution in [0, 0.1) is 0 Å². The van der Waals surface area contributed by atoms with Gasteiger partial charge < -0.3 is 14.1 Å². The molecule has 2 aromatic rings. The summed E-state index contributed by atoms with van der Waals surface area (Å²) in [5, 5.41) is 8.94. The second kappa shape index (κ2) is 7.21. The zero-order valence-electron chi connectivity index (χ0n) is 11.2. The molecule has 0 amide bonds. The van der Waals surface area contributed by atoms with Crippen molar-refractivity contribution in [2.45, 2.75) is 30.9 Å². The molecule has 2 aromatic heterocycles. The normalized spacial score (nSPS) is 11.9. The van der Waals surface area contributed by atoms with E-state index >= 15 is 0 Å². The third kappa shape index (κ3) is 4.40. The molecule has 0 saturated carbocycles. The second-order valence-electron chi connectivity index (χ2n) is 4.41. The number of halogens is 1. The Kier molecular flexibility index (Phi) is 5.57. The van der Waals surface area contributed by atoms with Crippen molar-refractivity contribution < 1.29 is 17.9 Å². The number of nitrogens with one attached hydrogen (secondary N) is 1. The molecule has 7 nitrogen and oxygen atoms in total. The predicted octanol–water partition coefficient (Wildman–Crippen LogP) is 1.49. The Bertz CT molecular complexity index is 667. The molecular formula is C12H16BrN3O4S. The van der Waals surface area contributed by atoms with Crippen molar-refractivity contribution in [1.29, 1.82) is 0 Å². The molecule has 116 valence electrons. The Labute approximate surface area is 131 Å². The molecule has 0 unspecified atom stereocenters. The standard InChI is InChI=1S/C12H16BrN3O4S/c13-12-11(7-10(8-17)20-12)21(18,19)15-3-1-2-5-16-6-4-14-9-16/h4,6-7,9,15,17H,1-3,5,8H2. The molecule has 0 saturated heterocycles. The lowest BCUT2D eigenvalue weighted by atomic mass is 10.3. The lowest BCUT2D eigenvalue weighted by Gasteiger charge is -2.05. The number of unbranched alkanes of at least 4 members (excludes halogenated alkanes) is 1. The van der Waals surface area contributed by atoms with E-state index in [9.17, 15) is 8.42 Å². The number of nitrogens with zero attached hydrogens (tertiary/aromatic N) is 2. The van der Waals surface area contributed by atoms with E-state index in [2.05, 4.69) is 25.6 Å². The first kappa shape index (κ1) is 16.2. The number of sulfonamides is 1. The summed E-state index contributed by atoms with van der Waals surface area (Å²) in [5.74, 6) is 0.197. The van der Waals surface area contributed by atoms with Crippen molar-refractivity contribution in [3.05, 3.63) is 35.2 Å². The molecule has 0 atom stereocenters. The van der Waals surface area contributed by atoms with Crippen molar-refractivity contribution in [2.75, 3.05) is 6.54 Å². The van der Waals surface area contributed by atoms with Crippen LogP contribution in [0.1, 0.15) is 18.6 Å². The van der Waals surface area contributed by atoms with Crippen LogP contribution < -0.4 is 4.72 Å². The van der Waals surface area contributed by atoms with Gasteiger partial charge in [0.25, 0.3) is 0 Å². The maximum absolute atomic E-state index is 12.1. The van der Waals surface area contributed by atoms with Gasteiger partial charge in [-0.25, -0.2) is 18.1 Å². The maximum Gasteiger partial charge on any atom is 0.244 e. The Balaban J connectivity index is 1.82. The summed E-state index contributed by atoms with van der Waals surface area (Å²) in [6, 6.07) is 1.30. The molecular weight excluding hydrogens is 362 g/mol. The smallest absolute Gasteiger partial charge is 0.244 e. The molecule has 0 fully saturated rings. The number of aromatic nitrogens is 2. The number of rotatable bonds is 8. The number of aliphatic hydroxyl groups excluding tert-OH is 1. The van der Waals surface area contributed by atoms with Crippen molar-refractivity contribution in [1.82, 2.24) is 14.3 Å². The number of aryl methyl sites for hydroxylation is 1. The van der Waals surface area contributed by atoms with E-state index in [-0.39, 0.29) is 21.9 Å². The number of hydrogen-bond donors (Lipinski definition) is 2. The molecule has 0 aliphatic rings. The van der Waals surface area contributed by atoms with E-state index in [1.807, 2.05) is 10.8 Å². The number of imidazole rings is 1. The summed E-state index contributed by atoms with van der Waals surface area (Å²) >= 11 is 3.04. The first-order valence-corrected chi connectivity index (χ1v) is 8.65. The fraction of sp³-hybridized carbons (Fsp3) is 0.417. The van der Waals surface area contributed by atoms with E-state index in [1.165, 1.54) is 6.07 Å². The largest absolute Gasteiger partial charge is 0.450 e. The topological polar surface area (TPSA) is 97.4 Å². The Morgan fingerprint density at radius 3 is 2.86 bits per heavy atom. The van der Waals surface area contributed by atoms with Crippen LogP contribution in [0.5, 0.6) is 0 Å². The first-order valence-electron chi connectivity index (χ1n) is 6.37. The van der Waals surface area contributed by atoms with E-state index in [4.69, 9.17) is 9.52 Å². The fourth-order valence-corrected chi connectivity index (χ4v) is 3.85. The molecule has 0 aliphatic carbocycles. The molecule has 0 aliphatic heterocycles. The van der Waals surface area contributed by atoms with Gasteiger partial charge in [0.1, 0.15) is 17.3 Å². The zero-order chi connectivity index (χ0) is 15.3. The lowest BCUT2D eigenvalue weighted by Crippen LogP contribution is -2.24. The van der Waals surface area contributed by atoms with Gasteiger partial charge in [-0.3, -0.25) is 0 Å². The minimum Gasteiger partial charge on any atom is -0.450 e. The molecule has 0 bridgehead atoms. The van der Waals surface area contributed by atoms with Crippen molar-refractivity contribution in [3.8, 4) is 0 Å². The Morgan fingerprint density at radius 1 is 1.43 bits per heavy atom. The molecule has 2 rings (SSSR count). The first-order chi connectivity index (χ1) is 10.0. The van der Waals surface area contributed by atoms with Crippen LogP contribution in [0.3, 0.4) is 0 Å². The van der Waals surface area contributed by atoms with Crippen molar-refractivity contribution >= 4 is 26.0 Å². The van der Waals surface area contributed by atoms with Crippen LogP contribution in [0.25, 0.3) is 0 Å². The molecule has 0 spiro atoms. The van der Waals surface area contributed by atoms with Crippen LogP contribution in [-0.4, -0.2) is 29.6 Å². The van der Waals surface area contributed by atoms with Crippen LogP contribution >= 0.6 is 15.9 Å². The minimum absolute atomic E-state index is 0.00107. The van der Waals surface area contributed by atoms with Gasteiger partial charge in [0.05, 0.1) is 6.33 Å². The second-order valence-corrected chi connectivity index (χ2v) is 6.87. The summed E-state index contributed by atoms with van der Waals surface area (Å²) in [6.45, 7) is 0.786. The van der Waals surface area contributed by atoms with Crippen LogP contribution in [-0.2, 0) is 23.2 Å². The molecule has 2 N–H and O–H groups in total. The summed E-state index contributed by atoms with van der Waals surface area (Å²) in [6.07, 6.45) is 6.84. The Hall–Kier alpha value is -1.16. The molecule has 0 aromatic carbocycles. The average Bonchev–Trinajstić information content (AvgIpc) is 3.07. The summed E-state index contributed by atoms with van der Waals surface area (Å²) in [4.78, 5) is 3.94. The van der Waals surface area contributed by atoms with Crippen LogP contribution in [0.4, 0.5) is 0 Å². The molecule has 0 radical (unpaired) electrons. The highest BCUT2D eigenvalue weighted by Gasteiger charge is 2.21. The zero-order valence-corrected chi connectivity index (χ0v) is 13.6. The highest BCUT2D eigenvalue weighted by molar-refractivity contribution is 9.10. The summed E-state index contributed by atoms with van der Waals surface area (Å²) < 4.78 is 33.8. The molecule has 9 heteroatoms. The summed E-state index contributed by atoms with van der Waals surface area (Å²) in [7, 11) is -3.64. The number of aliphatic hydroxyl groups is 1. The molecule has 21 heavy (non-hydrogen) atoms. The molecule has 2 heterocycles. The third-order valence-electron chi connectivity index (χ3n) is 2.85. The minimum atomic E-state index is -3.64. The van der Waals surface area contributed by atoms with E-state index in [0.717, 1.165) is 13.0 Å². The van der Waals surface area contributed by atoms with E-state index < -0.39 is 10.0 Å². The fourth-order valence-electron chi connectivity index (χ4n) is 1.78.